The molecule has 0 spiro atoms. The minimum absolute atomic E-state index is 0.292. The van der Waals surface area contributed by atoms with Gasteiger partial charge in [0.05, 0.1) is 4.70 Å². The average molecular weight is 278 g/mol. The van der Waals surface area contributed by atoms with Crippen molar-refractivity contribution in [1.29, 1.82) is 0 Å². The summed E-state index contributed by atoms with van der Waals surface area (Å²) in [6, 6.07) is 17.8. The molecule has 3 nitrogen and oxygen atoms in total. The molecule has 0 aliphatic heterocycles. The Balaban J connectivity index is 1.90. The van der Waals surface area contributed by atoms with Crippen LogP contribution in [-0.2, 0) is 0 Å². The topological polar surface area (TPSA) is 46.0 Å². The molecule has 0 fully saturated rings. The number of hydrogen-bond donors (Lipinski definition) is 1. The van der Waals surface area contributed by atoms with E-state index in [4.69, 9.17) is 0 Å². The highest BCUT2D eigenvalue weighted by molar-refractivity contribution is 7.12. The van der Waals surface area contributed by atoms with E-state index < -0.39 is 0 Å². The van der Waals surface area contributed by atoms with Crippen LogP contribution in [-0.4, -0.2) is 14.7 Å². The van der Waals surface area contributed by atoms with Crippen molar-refractivity contribution in [1.82, 2.24) is 9.59 Å². The third-order valence-corrected chi connectivity index (χ3v) is 4.11. The molecule has 20 heavy (non-hydrogen) atoms. The molecule has 0 aliphatic carbocycles. The van der Waals surface area contributed by atoms with Crippen LogP contribution >= 0.6 is 11.5 Å². The summed E-state index contributed by atoms with van der Waals surface area (Å²) in [5.41, 5.74) is 3.19. The van der Waals surface area contributed by atoms with Crippen molar-refractivity contribution in [3.8, 4) is 16.9 Å². The van der Waals surface area contributed by atoms with Crippen LogP contribution in [0.25, 0.3) is 32.1 Å². The number of benzene rings is 3. The zero-order valence-electron chi connectivity index (χ0n) is 10.4. The minimum Gasteiger partial charge on any atom is -0.508 e. The lowest BCUT2D eigenvalue weighted by Crippen LogP contribution is -1.80. The maximum atomic E-state index is 9.50. The fourth-order valence-corrected chi connectivity index (χ4v) is 2.91. The van der Waals surface area contributed by atoms with Gasteiger partial charge in [-0.3, -0.25) is 0 Å². The second kappa shape index (κ2) is 4.28. The molecule has 1 aromatic heterocycles. The van der Waals surface area contributed by atoms with Gasteiger partial charge in [-0.25, -0.2) is 0 Å². The van der Waals surface area contributed by atoms with Gasteiger partial charge >= 0.3 is 0 Å². The summed E-state index contributed by atoms with van der Waals surface area (Å²) in [5, 5.41) is 15.8. The van der Waals surface area contributed by atoms with Gasteiger partial charge in [0.2, 0.25) is 0 Å². The largest absolute Gasteiger partial charge is 0.508 e. The summed E-state index contributed by atoms with van der Waals surface area (Å²) in [6.07, 6.45) is 0. The molecule has 96 valence electrons. The van der Waals surface area contributed by atoms with E-state index >= 15 is 0 Å². The molecule has 3 aromatic carbocycles. The lowest BCUT2D eigenvalue weighted by Gasteiger charge is -2.04. The van der Waals surface area contributed by atoms with Gasteiger partial charge in [-0.15, -0.1) is 5.10 Å². The Labute approximate surface area is 119 Å². The van der Waals surface area contributed by atoms with E-state index in [0.717, 1.165) is 32.1 Å². The van der Waals surface area contributed by atoms with Gasteiger partial charge in [-0.1, -0.05) is 28.8 Å². The standard InChI is InChI=1S/C16H10N2OS/c19-14-5-3-11-7-10(1-2-12(11)8-14)13-4-6-16-15(9-13)17-18-20-16/h1-9,19H. The molecule has 0 unspecified atom stereocenters. The maximum absolute atomic E-state index is 9.50. The van der Waals surface area contributed by atoms with Crippen molar-refractivity contribution in [3.05, 3.63) is 54.6 Å². The van der Waals surface area contributed by atoms with Crippen molar-refractivity contribution in [3.63, 3.8) is 0 Å². The van der Waals surface area contributed by atoms with Crippen molar-refractivity contribution in [2.45, 2.75) is 0 Å². The summed E-state index contributed by atoms with van der Waals surface area (Å²) < 4.78 is 5.06. The maximum Gasteiger partial charge on any atom is 0.116 e. The van der Waals surface area contributed by atoms with Crippen molar-refractivity contribution < 1.29 is 5.11 Å². The summed E-state index contributed by atoms with van der Waals surface area (Å²) in [4.78, 5) is 0. The van der Waals surface area contributed by atoms with Crippen molar-refractivity contribution in [2.24, 2.45) is 0 Å². The fraction of sp³-hybridized carbons (Fsp3) is 0. The number of phenols is 1. The van der Waals surface area contributed by atoms with Gasteiger partial charge in [-0.05, 0) is 63.8 Å². The Kier molecular flexibility index (Phi) is 2.44. The number of aromatic hydroxyl groups is 1. The SMILES string of the molecule is Oc1ccc2cc(-c3ccc4snnc4c3)ccc2c1. The first-order chi connectivity index (χ1) is 9.79. The molecule has 0 aliphatic rings. The van der Waals surface area contributed by atoms with Crippen LogP contribution in [0.3, 0.4) is 0 Å². The molecule has 4 rings (SSSR count). The molecular weight excluding hydrogens is 268 g/mol. The Morgan fingerprint density at radius 3 is 2.50 bits per heavy atom. The Bertz CT molecular complexity index is 930. The van der Waals surface area contributed by atoms with Crippen LogP contribution < -0.4 is 0 Å². The van der Waals surface area contributed by atoms with E-state index in [1.54, 1.807) is 12.1 Å². The highest BCUT2D eigenvalue weighted by atomic mass is 32.1. The van der Waals surface area contributed by atoms with Gasteiger partial charge < -0.3 is 5.11 Å². The zero-order chi connectivity index (χ0) is 13.5. The predicted octanol–water partition coefficient (Wildman–Crippen LogP) is 4.22. The normalized spacial score (nSPS) is 11.2. The number of rotatable bonds is 1. The first-order valence-electron chi connectivity index (χ1n) is 6.25. The van der Waals surface area contributed by atoms with E-state index in [0.29, 0.717) is 5.75 Å². The Hall–Kier alpha value is -2.46. The van der Waals surface area contributed by atoms with Crippen LogP contribution in [0.5, 0.6) is 5.75 Å². The zero-order valence-corrected chi connectivity index (χ0v) is 11.3. The molecule has 0 amide bonds. The lowest BCUT2D eigenvalue weighted by atomic mass is 10.0. The molecule has 4 heteroatoms. The quantitative estimate of drug-likeness (QED) is 0.567. The average Bonchev–Trinajstić information content (AvgIpc) is 2.94. The van der Waals surface area contributed by atoms with Gasteiger partial charge in [-0.2, -0.15) is 0 Å². The van der Waals surface area contributed by atoms with Gasteiger partial charge in [0, 0.05) is 0 Å². The summed E-state index contributed by atoms with van der Waals surface area (Å²) in [5.74, 6) is 0.292. The Morgan fingerprint density at radius 2 is 1.55 bits per heavy atom. The second-order valence-corrected chi connectivity index (χ2v) is 5.49. The molecule has 0 radical (unpaired) electrons. The van der Waals surface area contributed by atoms with Crippen LogP contribution in [0.4, 0.5) is 0 Å². The summed E-state index contributed by atoms with van der Waals surface area (Å²) in [6.45, 7) is 0. The van der Waals surface area contributed by atoms with E-state index in [1.807, 2.05) is 12.1 Å². The number of phenolic OH excluding ortho intramolecular Hbond substituents is 1. The second-order valence-electron chi connectivity index (χ2n) is 4.70. The van der Waals surface area contributed by atoms with Crippen molar-refractivity contribution >= 4 is 32.5 Å². The third-order valence-electron chi connectivity index (χ3n) is 3.40. The molecule has 0 atom stereocenters. The minimum atomic E-state index is 0.292. The molecule has 0 saturated carbocycles. The van der Waals surface area contributed by atoms with Crippen LogP contribution in [0.15, 0.2) is 54.6 Å². The first-order valence-corrected chi connectivity index (χ1v) is 7.02. The Morgan fingerprint density at radius 1 is 0.800 bits per heavy atom. The predicted molar refractivity (Wildman–Crippen MR) is 82.0 cm³/mol. The van der Waals surface area contributed by atoms with E-state index in [1.165, 1.54) is 11.5 Å². The van der Waals surface area contributed by atoms with Crippen LogP contribution in [0.2, 0.25) is 0 Å². The van der Waals surface area contributed by atoms with E-state index in [-0.39, 0.29) is 0 Å². The molecule has 0 saturated heterocycles. The molecular formula is C16H10N2OS. The highest BCUT2D eigenvalue weighted by Crippen LogP contribution is 2.28. The monoisotopic (exact) mass is 278 g/mol. The van der Waals surface area contributed by atoms with Crippen LogP contribution in [0.1, 0.15) is 0 Å². The number of hydrogen-bond acceptors (Lipinski definition) is 4. The molecule has 4 aromatic rings. The van der Waals surface area contributed by atoms with Crippen molar-refractivity contribution in [2.75, 3.05) is 0 Å². The fourth-order valence-electron chi connectivity index (χ4n) is 2.37. The molecule has 1 N–H and O–H groups in total. The van der Waals surface area contributed by atoms with Gasteiger partial charge in [0.1, 0.15) is 11.3 Å². The lowest BCUT2D eigenvalue weighted by molar-refractivity contribution is 0.476. The number of aromatic nitrogens is 2. The smallest absolute Gasteiger partial charge is 0.116 e. The molecule has 0 bridgehead atoms. The first kappa shape index (κ1) is 11.4. The van der Waals surface area contributed by atoms with Crippen LogP contribution in [0, 0.1) is 0 Å². The number of nitrogens with zero attached hydrogens (tertiary/aromatic N) is 2. The number of fused-ring (bicyclic) bond motifs is 2. The molecule has 1 heterocycles. The summed E-state index contributed by atoms with van der Waals surface area (Å²) >= 11 is 1.41. The van der Waals surface area contributed by atoms with Gasteiger partial charge in [0.25, 0.3) is 0 Å². The van der Waals surface area contributed by atoms with Gasteiger partial charge in [0.15, 0.2) is 0 Å². The third kappa shape index (κ3) is 1.82. The highest BCUT2D eigenvalue weighted by Gasteiger charge is 2.04. The van der Waals surface area contributed by atoms with E-state index in [9.17, 15) is 5.11 Å². The van der Waals surface area contributed by atoms with E-state index in [2.05, 4.69) is 39.9 Å². The summed E-state index contributed by atoms with van der Waals surface area (Å²) in [7, 11) is 0.